The first-order valence-electron chi connectivity index (χ1n) is 8.91. The molecule has 0 aliphatic carbocycles. The van der Waals surface area contributed by atoms with Crippen molar-refractivity contribution in [2.45, 2.75) is 32.5 Å². The van der Waals surface area contributed by atoms with Crippen LogP contribution in [0.5, 0.6) is 0 Å². The number of hydrogen-bond donors (Lipinski definition) is 2. The normalized spacial score (nSPS) is 12.2. The Kier molecular flexibility index (Phi) is 5.64. The third kappa shape index (κ3) is 4.61. The van der Waals surface area contributed by atoms with Gasteiger partial charge in [0, 0.05) is 36.1 Å². The van der Waals surface area contributed by atoms with Gasteiger partial charge >= 0.3 is 0 Å². The molecule has 29 heavy (non-hydrogen) atoms. The number of Topliss-reactive ketones (excluding diaryl/α,β-unsaturated/α-hetero) is 1. The van der Waals surface area contributed by atoms with Gasteiger partial charge in [-0.05, 0) is 19.9 Å². The minimum Gasteiger partial charge on any atom is -0.368 e. The fraction of sp³-hybridized carbons (Fsp3) is 0.263. The smallest absolute Gasteiger partial charge is 0.270 e. The Morgan fingerprint density at radius 2 is 1.97 bits per heavy atom. The van der Waals surface area contributed by atoms with Gasteiger partial charge in [0.1, 0.15) is 11.7 Å². The molecule has 0 aromatic heterocycles. The molecule has 2 aliphatic heterocycles. The van der Waals surface area contributed by atoms with Gasteiger partial charge in [-0.15, -0.1) is 0 Å². The largest absolute Gasteiger partial charge is 0.368 e. The molecule has 1 amide bonds. The van der Waals surface area contributed by atoms with Crippen LogP contribution in [0.4, 0.5) is 5.69 Å². The van der Waals surface area contributed by atoms with Gasteiger partial charge in [0.2, 0.25) is 5.91 Å². The molecule has 2 heterocycles. The topological polar surface area (TPSA) is 146 Å². The first-order chi connectivity index (χ1) is 13.7. The quantitative estimate of drug-likeness (QED) is 0.332. The van der Waals surface area contributed by atoms with Crippen LogP contribution in [0.1, 0.15) is 13.8 Å². The van der Waals surface area contributed by atoms with E-state index in [1.807, 2.05) is 13.8 Å². The molecular formula is C19H20N6O4. The van der Waals surface area contributed by atoms with Crippen LogP contribution >= 0.6 is 0 Å². The van der Waals surface area contributed by atoms with E-state index in [1.54, 1.807) is 35.2 Å². The molecule has 3 rings (SSSR count). The molecule has 10 heteroatoms. The summed E-state index contributed by atoms with van der Waals surface area (Å²) in [4.78, 5) is 43.3. The van der Waals surface area contributed by atoms with Crippen LogP contribution < -0.4 is 11.1 Å². The van der Waals surface area contributed by atoms with Gasteiger partial charge < -0.3 is 10.3 Å². The Morgan fingerprint density at radius 3 is 2.62 bits per heavy atom. The Bertz CT molecular complexity index is 1040. The lowest BCUT2D eigenvalue weighted by molar-refractivity contribution is -0.384. The summed E-state index contributed by atoms with van der Waals surface area (Å²) < 4.78 is 1.59. The van der Waals surface area contributed by atoms with Crippen LogP contribution in [0.2, 0.25) is 0 Å². The number of imidazole rings is 1. The number of carbonyl (C=O) groups is 2. The number of aromatic nitrogens is 3. The molecule has 3 N–H and O–H groups in total. The number of primary amides is 1. The van der Waals surface area contributed by atoms with Crippen LogP contribution in [0.25, 0.3) is 22.8 Å². The van der Waals surface area contributed by atoms with E-state index >= 15 is 0 Å². The minimum atomic E-state index is -1.08. The summed E-state index contributed by atoms with van der Waals surface area (Å²) in [5.74, 6) is -0.746. The number of carbonyl (C=O) groups excluding carboxylic acids is 2. The van der Waals surface area contributed by atoms with Crippen molar-refractivity contribution in [1.29, 1.82) is 0 Å². The van der Waals surface area contributed by atoms with E-state index in [4.69, 9.17) is 5.73 Å². The summed E-state index contributed by atoms with van der Waals surface area (Å²) >= 11 is 0. The highest BCUT2D eigenvalue weighted by Crippen LogP contribution is 2.26. The second-order valence-electron chi connectivity index (χ2n) is 6.87. The molecule has 0 fully saturated rings. The van der Waals surface area contributed by atoms with E-state index in [-0.39, 0.29) is 24.1 Å². The standard InChI is InChI=1S/C19H20N6O4/c1-11(2)21-17(18(20)27)16(26)10-24-7-6-14-15(9-24)23-19(22-14)12-4-3-5-13(8-12)25(28)29/h3-9,11,17,21H,10H2,1-2H3,(H2,20,27). The lowest BCUT2D eigenvalue weighted by Gasteiger charge is -2.18. The number of nitrogens with zero attached hydrogens (tertiary/aromatic N) is 4. The number of amides is 1. The van der Waals surface area contributed by atoms with Crippen molar-refractivity contribution in [2.24, 2.45) is 5.73 Å². The second kappa shape index (κ2) is 8.15. The highest BCUT2D eigenvalue weighted by molar-refractivity contribution is 6.04. The van der Waals surface area contributed by atoms with Crippen LogP contribution in [-0.2, 0) is 16.1 Å². The van der Waals surface area contributed by atoms with Crippen molar-refractivity contribution in [3.8, 4) is 22.8 Å². The average molecular weight is 396 g/mol. The molecule has 0 saturated heterocycles. The number of nitro groups is 1. The fourth-order valence-electron chi connectivity index (χ4n) is 2.88. The van der Waals surface area contributed by atoms with E-state index in [1.165, 1.54) is 12.1 Å². The molecule has 0 bridgehead atoms. The number of nitrogens with one attached hydrogen (secondary N) is 1. The Labute approximate surface area is 166 Å². The van der Waals surface area contributed by atoms with Crippen molar-refractivity contribution in [2.75, 3.05) is 0 Å². The number of hydrogen-bond acceptors (Lipinski definition) is 7. The lowest BCUT2D eigenvalue weighted by Crippen LogP contribution is -2.50. The first kappa shape index (κ1) is 20.1. The third-order valence-electron chi connectivity index (χ3n) is 4.19. The first-order valence-corrected chi connectivity index (χ1v) is 8.91. The summed E-state index contributed by atoms with van der Waals surface area (Å²) in [5, 5.41) is 13.8. The third-order valence-corrected chi connectivity index (χ3v) is 4.19. The number of fused-ring (bicyclic) bond motifs is 1. The Hall–Kier alpha value is -3.66. The second-order valence-corrected chi connectivity index (χ2v) is 6.87. The average Bonchev–Trinajstić information content (AvgIpc) is 3.09. The van der Waals surface area contributed by atoms with Crippen molar-refractivity contribution >= 4 is 17.4 Å². The summed E-state index contributed by atoms with van der Waals surface area (Å²) in [5.41, 5.74) is 6.91. The molecule has 0 spiro atoms. The molecule has 10 nitrogen and oxygen atoms in total. The molecule has 0 saturated carbocycles. The lowest BCUT2D eigenvalue weighted by atomic mass is 10.1. The van der Waals surface area contributed by atoms with E-state index < -0.39 is 16.9 Å². The highest BCUT2D eigenvalue weighted by atomic mass is 16.6. The Balaban J connectivity index is 1.85. The highest BCUT2D eigenvalue weighted by Gasteiger charge is 2.25. The number of ketones is 1. The maximum Gasteiger partial charge on any atom is 0.270 e. The van der Waals surface area contributed by atoms with Gasteiger partial charge in [-0.25, -0.2) is 9.97 Å². The number of nitro benzene ring substituents is 1. The van der Waals surface area contributed by atoms with Gasteiger partial charge in [-0.1, -0.05) is 12.1 Å². The number of benzene rings is 1. The SMILES string of the molecule is CC(C)NC(C(N)=O)C(=O)Cn1ccc2nc(-c3cccc([N+](=O)[O-])c3)nc-2c1. The number of pyridine rings is 1. The van der Waals surface area contributed by atoms with E-state index in [0.717, 1.165) is 0 Å². The maximum absolute atomic E-state index is 12.5. The minimum absolute atomic E-state index is 0.0489. The summed E-state index contributed by atoms with van der Waals surface area (Å²) in [7, 11) is 0. The van der Waals surface area contributed by atoms with Crippen molar-refractivity contribution in [3.63, 3.8) is 0 Å². The van der Waals surface area contributed by atoms with E-state index in [0.29, 0.717) is 22.8 Å². The van der Waals surface area contributed by atoms with Gasteiger partial charge in [0.05, 0.1) is 17.2 Å². The molecule has 1 aromatic rings. The van der Waals surface area contributed by atoms with Crippen LogP contribution in [0.15, 0.2) is 42.7 Å². The zero-order valence-corrected chi connectivity index (χ0v) is 15.9. The summed E-state index contributed by atoms with van der Waals surface area (Å²) in [6.07, 6.45) is 3.29. The van der Waals surface area contributed by atoms with Gasteiger partial charge in [-0.2, -0.15) is 0 Å². The Morgan fingerprint density at radius 1 is 1.24 bits per heavy atom. The number of non-ortho nitro benzene ring substituents is 1. The predicted molar refractivity (Wildman–Crippen MR) is 105 cm³/mol. The van der Waals surface area contributed by atoms with Crippen molar-refractivity contribution in [1.82, 2.24) is 19.9 Å². The number of rotatable bonds is 8. The van der Waals surface area contributed by atoms with Crippen LogP contribution in [-0.4, -0.2) is 43.2 Å². The van der Waals surface area contributed by atoms with E-state index in [2.05, 4.69) is 15.3 Å². The van der Waals surface area contributed by atoms with Crippen molar-refractivity contribution < 1.29 is 14.5 Å². The monoisotopic (exact) mass is 396 g/mol. The predicted octanol–water partition coefficient (Wildman–Crippen LogP) is 1.38. The molecule has 1 atom stereocenters. The van der Waals surface area contributed by atoms with Crippen molar-refractivity contribution in [3.05, 3.63) is 52.8 Å². The zero-order chi connectivity index (χ0) is 21.1. The molecule has 2 aliphatic rings. The molecule has 1 unspecified atom stereocenters. The molecule has 150 valence electrons. The molecule has 1 aromatic carbocycles. The van der Waals surface area contributed by atoms with Gasteiger partial charge in [-0.3, -0.25) is 25.0 Å². The molecule has 0 radical (unpaired) electrons. The van der Waals surface area contributed by atoms with Gasteiger partial charge in [0.25, 0.3) is 5.69 Å². The fourth-order valence-corrected chi connectivity index (χ4v) is 2.88. The zero-order valence-electron chi connectivity index (χ0n) is 15.9. The number of nitrogens with two attached hydrogens (primary N) is 1. The van der Waals surface area contributed by atoms with Gasteiger partial charge in [0.15, 0.2) is 11.6 Å². The summed E-state index contributed by atoms with van der Waals surface area (Å²) in [6, 6.07) is 6.58. The van der Waals surface area contributed by atoms with Crippen LogP contribution in [0, 0.1) is 10.1 Å². The van der Waals surface area contributed by atoms with Crippen LogP contribution in [0.3, 0.4) is 0 Å². The maximum atomic E-state index is 12.5. The summed E-state index contributed by atoms with van der Waals surface area (Å²) in [6.45, 7) is 3.57. The van der Waals surface area contributed by atoms with E-state index in [9.17, 15) is 19.7 Å². The molecular weight excluding hydrogens is 376 g/mol.